The fraction of sp³-hybridized carbons (Fsp3) is 0.222. The second-order valence-corrected chi connectivity index (χ2v) is 6.13. The van der Waals surface area contributed by atoms with Gasteiger partial charge < -0.3 is 5.32 Å². The number of carbonyl (C=O) groups excluding carboxylic acids is 1. The van der Waals surface area contributed by atoms with Crippen LogP contribution in [0.5, 0.6) is 0 Å². The molecule has 1 aromatic carbocycles. The first kappa shape index (κ1) is 17.9. The van der Waals surface area contributed by atoms with Crippen molar-refractivity contribution in [2.24, 2.45) is 7.05 Å². The van der Waals surface area contributed by atoms with Gasteiger partial charge in [-0.1, -0.05) is 35.9 Å². The average molecular weight is 372 g/mol. The molecule has 0 saturated heterocycles. The monoisotopic (exact) mass is 371 g/mol. The van der Waals surface area contributed by atoms with Gasteiger partial charge in [0, 0.05) is 24.8 Å². The first-order chi connectivity index (χ1) is 12.6. The number of carbonyl (C=O) groups is 1. The van der Waals surface area contributed by atoms with Gasteiger partial charge in [-0.25, -0.2) is 9.48 Å². The molecule has 3 aromatic rings. The summed E-state index contributed by atoms with van der Waals surface area (Å²) in [6, 6.07) is 12.6. The molecule has 0 fully saturated rings. The Balaban J connectivity index is 1.61. The number of rotatable bonds is 6. The van der Waals surface area contributed by atoms with Gasteiger partial charge in [0.05, 0.1) is 13.0 Å². The Morgan fingerprint density at radius 1 is 1.19 bits per heavy atom. The highest BCUT2D eigenvalue weighted by Crippen LogP contribution is 2.15. The van der Waals surface area contributed by atoms with Crippen molar-refractivity contribution in [3.63, 3.8) is 0 Å². The van der Waals surface area contributed by atoms with E-state index in [0.717, 1.165) is 5.56 Å². The number of aromatic nitrogens is 4. The van der Waals surface area contributed by atoms with Gasteiger partial charge in [0.25, 0.3) is 0 Å². The molecular weight excluding hydrogens is 354 g/mol. The highest BCUT2D eigenvalue weighted by molar-refractivity contribution is 6.31. The Hall–Kier alpha value is -2.93. The van der Waals surface area contributed by atoms with Crippen LogP contribution in [0.25, 0.3) is 11.5 Å². The van der Waals surface area contributed by atoms with E-state index >= 15 is 0 Å². The quantitative estimate of drug-likeness (QED) is 0.714. The molecule has 2 heterocycles. The minimum absolute atomic E-state index is 0.160. The summed E-state index contributed by atoms with van der Waals surface area (Å²) in [6.07, 6.45) is 1.84. The lowest BCUT2D eigenvalue weighted by molar-refractivity contribution is -0.120. The van der Waals surface area contributed by atoms with Crippen LogP contribution in [0.3, 0.4) is 0 Å². The van der Waals surface area contributed by atoms with Gasteiger partial charge >= 0.3 is 5.69 Å². The van der Waals surface area contributed by atoms with Crippen molar-refractivity contribution in [2.75, 3.05) is 6.54 Å². The molecule has 1 amide bonds. The van der Waals surface area contributed by atoms with E-state index in [1.54, 1.807) is 31.4 Å². The molecule has 0 unspecified atom stereocenters. The highest BCUT2D eigenvalue weighted by Gasteiger charge is 2.13. The van der Waals surface area contributed by atoms with Crippen LogP contribution in [-0.2, 0) is 24.8 Å². The van der Waals surface area contributed by atoms with Crippen LogP contribution in [0.4, 0.5) is 0 Å². The largest absolute Gasteiger partial charge is 0.354 e. The predicted molar refractivity (Wildman–Crippen MR) is 98.9 cm³/mol. The van der Waals surface area contributed by atoms with E-state index in [9.17, 15) is 9.59 Å². The summed E-state index contributed by atoms with van der Waals surface area (Å²) in [5, 5.41) is 7.65. The summed E-state index contributed by atoms with van der Waals surface area (Å²) in [5.74, 6) is 0.324. The highest BCUT2D eigenvalue weighted by atomic mass is 35.5. The van der Waals surface area contributed by atoms with Crippen LogP contribution >= 0.6 is 11.6 Å². The molecule has 134 valence electrons. The molecule has 0 radical (unpaired) electrons. The van der Waals surface area contributed by atoms with E-state index < -0.39 is 0 Å². The fourth-order valence-corrected chi connectivity index (χ4v) is 2.73. The number of hydrogen-bond acceptors (Lipinski definition) is 4. The van der Waals surface area contributed by atoms with E-state index in [-0.39, 0.29) is 24.6 Å². The summed E-state index contributed by atoms with van der Waals surface area (Å²) in [4.78, 5) is 28.5. The topological polar surface area (TPSA) is 81.8 Å². The maximum absolute atomic E-state index is 12.3. The molecule has 0 bridgehead atoms. The number of amides is 1. The van der Waals surface area contributed by atoms with E-state index in [1.807, 2.05) is 24.3 Å². The third-order valence-electron chi connectivity index (χ3n) is 3.89. The van der Waals surface area contributed by atoms with E-state index in [4.69, 9.17) is 11.6 Å². The standard InChI is InChI=1S/C18H18ClN5O2/c1-23-17(15-8-4-5-9-20-15)22-24(18(23)26)11-10-21-16(25)12-13-6-2-3-7-14(13)19/h2-9H,10-12H2,1H3,(H,21,25). The first-order valence-corrected chi connectivity index (χ1v) is 8.49. The molecule has 0 aliphatic rings. The maximum atomic E-state index is 12.3. The smallest absolute Gasteiger partial charge is 0.346 e. The van der Waals surface area contributed by atoms with Crippen molar-refractivity contribution < 1.29 is 4.79 Å². The first-order valence-electron chi connectivity index (χ1n) is 8.11. The van der Waals surface area contributed by atoms with Crippen LogP contribution in [0.15, 0.2) is 53.5 Å². The molecule has 0 aliphatic carbocycles. The minimum Gasteiger partial charge on any atom is -0.354 e. The number of hydrogen-bond donors (Lipinski definition) is 1. The Kier molecular flexibility index (Phi) is 5.48. The van der Waals surface area contributed by atoms with Gasteiger partial charge in [-0.3, -0.25) is 14.3 Å². The number of halogens is 1. The molecule has 0 spiro atoms. The van der Waals surface area contributed by atoms with Crippen LogP contribution < -0.4 is 11.0 Å². The van der Waals surface area contributed by atoms with Gasteiger partial charge in [0.1, 0.15) is 5.69 Å². The Morgan fingerprint density at radius 2 is 1.96 bits per heavy atom. The molecule has 7 nitrogen and oxygen atoms in total. The molecule has 26 heavy (non-hydrogen) atoms. The molecule has 0 saturated carbocycles. The lowest BCUT2D eigenvalue weighted by Crippen LogP contribution is -2.32. The van der Waals surface area contributed by atoms with Crippen molar-refractivity contribution in [2.45, 2.75) is 13.0 Å². The fourth-order valence-electron chi connectivity index (χ4n) is 2.53. The average Bonchev–Trinajstić information content (AvgIpc) is 2.93. The predicted octanol–water partition coefficient (Wildman–Crippen LogP) is 1.66. The lowest BCUT2D eigenvalue weighted by atomic mass is 10.1. The van der Waals surface area contributed by atoms with Crippen LogP contribution in [0.2, 0.25) is 5.02 Å². The maximum Gasteiger partial charge on any atom is 0.346 e. The van der Waals surface area contributed by atoms with Crippen molar-refractivity contribution in [1.29, 1.82) is 0 Å². The molecule has 0 aliphatic heterocycles. The zero-order valence-electron chi connectivity index (χ0n) is 14.2. The molecule has 2 aromatic heterocycles. The normalized spacial score (nSPS) is 10.7. The summed E-state index contributed by atoms with van der Waals surface area (Å²) < 4.78 is 2.76. The van der Waals surface area contributed by atoms with Crippen molar-refractivity contribution in [3.8, 4) is 11.5 Å². The Labute approximate surface area is 155 Å². The van der Waals surface area contributed by atoms with Crippen LogP contribution in [0.1, 0.15) is 5.56 Å². The van der Waals surface area contributed by atoms with Gasteiger partial charge in [0.15, 0.2) is 5.82 Å². The van der Waals surface area contributed by atoms with E-state index in [0.29, 0.717) is 23.1 Å². The zero-order valence-corrected chi connectivity index (χ0v) is 15.0. The number of pyridine rings is 1. The second-order valence-electron chi connectivity index (χ2n) is 5.72. The van der Waals surface area contributed by atoms with Crippen molar-refractivity contribution in [1.82, 2.24) is 24.6 Å². The van der Waals surface area contributed by atoms with Gasteiger partial charge in [-0.05, 0) is 23.8 Å². The number of nitrogens with zero attached hydrogens (tertiary/aromatic N) is 4. The Bertz CT molecular complexity index is 965. The summed E-state index contributed by atoms with van der Waals surface area (Å²) in [6.45, 7) is 0.565. The molecule has 1 N–H and O–H groups in total. The van der Waals surface area contributed by atoms with E-state index in [1.165, 1.54) is 9.25 Å². The third kappa shape index (κ3) is 4.00. The second kappa shape index (κ2) is 7.97. The van der Waals surface area contributed by atoms with Crippen LogP contribution in [0, 0.1) is 0 Å². The third-order valence-corrected chi connectivity index (χ3v) is 4.26. The number of benzene rings is 1. The Morgan fingerprint density at radius 3 is 2.69 bits per heavy atom. The molecule has 8 heteroatoms. The van der Waals surface area contributed by atoms with Crippen molar-refractivity contribution >= 4 is 17.5 Å². The minimum atomic E-state index is -0.258. The van der Waals surface area contributed by atoms with Gasteiger partial charge in [-0.2, -0.15) is 0 Å². The van der Waals surface area contributed by atoms with E-state index in [2.05, 4.69) is 15.4 Å². The zero-order chi connectivity index (χ0) is 18.5. The molecule has 0 atom stereocenters. The van der Waals surface area contributed by atoms with Gasteiger partial charge in [-0.15, -0.1) is 5.10 Å². The van der Waals surface area contributed by atoms with Crippen LogP contribution in [-0.4, -0.2) is 31.8 Å². The number of nitrogens with one attached hydrogen (secondary N) is 1. The lowest BCUT2D eigenvalue weighted by Gasteiger charge is -2.06. The summed E-state index contributed by atoms with van der Waals surface area (Å²) in [7, 11) is 1.64. The van der Waals surface area contributed by atoms with Gasteiger partial charge in [0.2, 0.25) is 5.91 Å². The van der Waals surface area contributed by atoms with Crippen molar-refractivity contribution in [3.05, 3.63) is 69.7 Å². The summed E-state index contributed by atoms with van der Waals surface area (Å²) in [5.41, 5.74) is 1.12. The SMILES string of the molecule is Cn1c(-c2ccccn2)nn(CCNC(=O)Cc2ccccc2Cl)c1=O. The molecular formula is C18H18ClN5O2. The molecule has 3 rings (SSSR count). The summed E-state index contributed by atoms with van der Waals surface area (Å²) >= 11 is 6.05.